The molecular formula is C12H20N2O. The highest BCUT2D eigenvalue weighted by Crippen LogP contribution is 2.24. The monoisotopic (exact) mass is 208 g/mol. The zero-order valence-electron chi connectivity index (χ0n) is 10.0. The van der Waals surface area contributed by atoms with Crippen molar-refractivity contribution in [1.82, 2.24) is 9.97 Å². The molecule has 1 N–H and O–H groups in total. The van der Waals surface area contributed by atoms with Crippen LogP contribution in [-0.4, -0.2) is 15.8 Å². The highest BCUT2D eigenvalue weighted by atomic mass is 16.1. The lowest BCUT2D eigenvalue weighted by Gasteiger charge is -2.23. The highest BCUT2D eigenvalue weighted by molar-refractivity contribution is 5.86. The number of ketones is 1. The minimum absolute atomic E-state index is 0.102. The van der Waals surface area contributed by atoms with E-state index in [1.807, 2.05) is 20.8 Å². The Morgan fingerprint density at radius 3 is 2.60 bits per heavy atom. The first-order valence-corrected chi connectivity index (χ1v) is 5.46. The third kappa shape index (κ3) is 3.18. The van der Waals surface area contributed by atoms with Crippen molar-refractivity contribution in [1.29, 1.82) is 0 Å². The molecule has 0 aliphatic carbocycles. The number of H-pyrrole nitrogens is 1. The Morgan fingerprint density at radius 2 is 2.20 bits per heavy atom. The number of hydrogen-bond donors (Lipinski definition) is 1. The number of rotatable bonds is 4. The van der Waals surface area contributed by atoms with Crippen LogP contribution in [0.5, 0.6) is 0 Å². The van der Waals surface area contributed by atoms with Gasteiger partial charge < -0.3 is 4.98 Å². The number of nitrogens with one attached hydrogen (secondary N) is 1. The molecule has 1 rings (SSSR count). The number of carbonyl (C=O) groups excluding carboxylic acids is 1. The van der Waals surface area contributed by atoms with Crippen LogP contribution in [0.3, 0.4) is 0 Å². The van der Waals surface area contributed by atoms with Crippen LogP contribution in [0.15, 0.2) is 12.5 Å². The number of hydrogen-bond acceptors (Lipinski definition) is 2. The van der Waals surface area contributed by atoms with Crippen LogP contribution in [0, 0.1) is 11.3 Å². The number of aromatic amines is 1. The lowest BCUT2D eigenvalue weighted by atomic mass is 9.80. The second-order valence-electron chi connectivity index (χ2n) is 5.00. The fourth-order valence-corrected chi connectivity index (χ4v) is 1.70. The molecule has 84 valence electrons. The van der Waals surface area contributed by atoms with Gasteiger partial charge in [0.25, 0.3) is 0 Å². The zero-order chi connectivity index (χ0) is 11.5. The molecule has 1 unspecified atom stereocenters. The summed E-state index contributed by atoms with van der Waals surface area (Å²) in [5.74, 6) is 0.435. The molecule has 1 aromatic heterocycles. The summed E-state index contributed by atoms with van der Waals surface area (Å²) in [6.45, 7) is 7.99. The summed E-state index contributed by atoms with van der Waals surface area (Å²) in [6, 6.07) is 0. The van der Waals surface area contributed by atoms with E-state index in [1.165, 1.54) is 0 Å². The van der Waals surface area contributed by atoms with Crippen molar-refractivity contribution in [2.75, 3.05) is 0 Å². The summed E-state index contributed by atoms with van der Waals surface area (Å²) in [5, 5.41) is 0. The van der Waals surface area contributed by atoms with Crippen molar-refractivity contribution in [2.45, 2.75) is 40.5 Å². The Morgan fingerprint density at radius 1 is 1.53 bits per heavy atom. The summed E-state index contributed by atoms with van der Waals surface area (Å²) < 4.78 is 0. The average molecular weight is 208 g/mol. The summed E-state index contributed by atoms with van der Waals surface area (Å²) in [4.78, 5) is 19.1. The van der Waals surface area contributed by atoms with Gasteiger partial charge in [-0.2, -0.15) is 0 Å². The minimum atomic E-state index is -0.249. The molecule has 1 atom stereocenters. The molecule has 0 saturated carbocycles. The van der Waals surface area contributed by atoms with Gasteiger partial charge in [-0.3, -0.25) is 4.79 Å². The smallest absolute Gasteiger partial charge is 0.141 e. The van der Waals surface area contributed by atoms with Crippen molar-refractivity contribution in [3.63, 3.8) is 0 Å². The Kier molecular flexibility index (Phi) is 3.66. The van der Waals surface area contributed by atoms with E-state index >= 15 is 0 Å². The maximum absolute atomic E-state index is 12.1. The van der Waals surface area contributed by atoms with Crippen molar-refractivity contribution in [2.24, 2.45) is 11.3 Å². The SMILES string of the molecule is CCC(Cc1cnc[nH]1)C(=O)C(C)(C)C. The number of carbonyl (C=O) groups is 1. The van der Waals surface area contributed by atoms with Crippen molar-refractivity contribution in [3.05, 3.63) is 18.2 Å². The van der Waals surface area contributed by atoms with E-state index in [0.29, 0.717) is 5.78 Å². The maximum atomic E-state index is 12.1. The molecule has 0 aliphatic rings. The fourth-order valence-electron chi connectivity index (χ4n) is 1.70. The van der Waals surface area contributed by atoms with Gasteiger partial charge in [0.15, 0.2) is 0 Å². The largest absolute Gasteiger partial charge is 0.348 e. The standard InChI is InChI=1S/C12H20N2O/c1-5-9(11(15)12(2,3)4)6-10-7-13-8-14-10/h7-9H,5-6H2,1-4H3,(H,13,14). The summed E-state index contributed by atoms with van der Waals surface area (Å²) in [7, 11) is 0. The van der Waals surface area contributed by atoms with Gasteiger partial charge in [-0.1, -0.05) is 27.7 Å². The van der Waals surface area contributed by atoms with Gasteiger partial charge in [-0.05, 0) is 12.8 Å². The molecule has 3 nitrogen and oxygen atoms in total. The van der Waals surface area contributed by atoms with E-state index in [2.05, 4.69) is 16.9 Å². The van der Waals surface area contributed by atoms with Crippen LogP contribution in [-0.2, 0) is 11.2 Å². The normalized spacial score (nSPS) is 13.9. The lowest BCUT2D eigenvalue weighted by molar-refractivity contribution is -0.130. The second-order valence-corrected chi connectivity index (χ2v) is 5.00. The van der Waals surface area contributed by atoms with Crippen molar-refractivity contribution < 1.29 is 4.79 Å². The average Bonchev–Trinajstić information content (AvgIpc) is 2.64. The van der Waals surface area contributed by atoms with Crippen molar-refractivity contribution in [3.8, 4) is 0 Å². The lowest BCUT2D eigenvalue weighted by Crippen LogP contribution is -2.29. The van der Waals surface area contributed by atoms with Gasteiger partial charge in [-0.25, -0.2) is 4.98 Å². The second kappa shape index (κ2) is 4.60. The number of aromatic nitrogens is 2. The Labute approximate surface area is 91.3 Å². The molecule has 0 saturated heterocycles. The van der Waals surface area contributed by atoms with Gasteiger partial charge >= 0.3 is 0 Å². The first-order chi connectivity index (χ1) is 6.95. The van der Waals surface area contributed by atoms with E-state index in [9.17, 15) is 4.79 Å². The molecule has 1 aromatic rings. The first-order valence-electron chi connectivity index (χ1n) is 5.46. The van der Waals surface area contributed by atoms with E-state index in [4.69, 9.17) is 0 Å². The number of Topliss-reactive ketones (excluding diaryl/α,β-unsaturated/α-hetero) is 1. The quantitative estimate of drug-likeness (QED) is 0.826. The van der Waals surface area contributed by atoms with E-state index in [1.54, 1.807) is 12.5 Å². The van der Waals surface area contributed by atoms with Crippen LogP contribution >= 0.6 is 0 Å². The third-order valence-electron chi connectivity index (χ3n) is 2.62. The number of nitrogens with zero attached hydrogens (tertiary/aromatic N) is 1. The summed E-state index contributed by atoms with van der Waals surface area (Å²) in [6.07, 6.45) is 5.10. The zero-order valence-corrected chi connectivity index (χ0v) is 10.0. The topological polar surface area (TPSA) is 45.8 Å². The molecule has 0 amide bonds. The molecule has 15 heavy (non-hydrogen) atoms. The van der Waals surface area contributed by atoms with Crippen LogP contribution in [0.2, 0.25) is 0 Å². The Balaban J connectivity index is 2.69. The Hall–Kier alpha value is -1.12. The predicted molar refractivity (Wildman–Crippen MR) is 60.5 cm³/mol. The molecule has 0 radical (unpaired) electrons. The Bertz CT molecular complexity index is 309. The highest BCUT2D eigenvalue weighted by Gasteiger charge is 2.28. The number of imidazole rings is 1. The van der Waals surface area contributed by atoms with Crippen LogP contribution < -0.4 is 0 Å². The molecule has 0 spiro atoms. The molecule has 3 heteroatoms. The fraction of sp³-hybridized carbons (Fsp3) is 0.667. The van der Waals surface area contributed by atoms with Crippen LogP contribution in [0.1, 0.15) is 39.8 Å². The molecular weight excluding hydrogens is 188 g/mol. The van der Waals surface area contributed by atoms with E-state index in [-0.39, 0.29) is 11.3 Å². The van der Waals surface area contributed by atoms with Gasteiger partial charge in [0.2, 0.25) is 0 Å². The third-order valence-corrected chi connectivity index (χ3v) is 2.62. The molecule has 0 fully saturated rings. The minimum Gasteiger partial charge on any atom is -0.348 e. The van der Waals surface area contributed by atoms with Crippen LogP contribution in [0.4, 0.5) is 0 Å². The van der Waals surface area contributed by atoms with Crippen molar-refractivity contribution >= 4 is 5.78 Å². The van der Waals surface area contributed by atoms with Gasteiger partial charge in [0, 0.05) is 23.2 Å². The summed E-state index contributed by atoms with van der Waals surface area (Å²) >= 11 is 0. The van der Waals surface area contributed by atoms with Gasteiger partial charge in [0.05, 0.1) is 6.33 Å². The van der Waals surface area contributed by atoms with E-state index < -0.39 is 0 Å². The predicted octanol–water partition coefficient (Wildman–Crippen LogP) is 2.59. The molecule has 0 aliphatic heterocycles. The van der Waals surface area contributed by atoms with Gasteiger partial charge in [-0.15, -0.1) is 0 Å². The molecule has 0 aromatic carbocycles. The maximum Gasteiger partial charge on any atom is 0.141 e. The first kappa shape index (κ1) is 12.0. The summed E-state index contributed by atoms with van der Waals surface area (Å²) in [5.41, 5.74) is 0.792. The van der Waals surface area contributed by atoms with Gasteiger partial charge in [0.1, 0.15) is 5.78 Å². The van der Waals surface area contributed by atoms with Crippen LogP contribution in [0.25, 0.3) is 0 Å². The molecule has 0 bridgehead atoms. The molecule has 1 heterocycles. The van der Waals surface area contributed by atoms with E-state index in [0.717, 1.165) is 18.5 Å².